The van der Waals surface area contributed by atoms with Gasteiger partial charge in [0.25, 0.3) is 0 Å². The lowest BCUT2D eigenvalue weighted by Gasteiger charge is -2.49. The molecule has 0 bridgehead atoms. The third-order valence-corrected chi connectivity index (χ3v) is 5.70. The van der Waals surface area contributed by atoms with Crippen molar-refractivity contribution in [1.29, 1.82) is 5.41 Å². The van der Waals surface area contributed by atoms with Crippen LogP contribution < -0.4 is 10.1 Å². The summed E-state index contributed by atoms with van der Waals surface area (Å²) in [7, 11) is 3.61. The molecular weight excluding hydrogens is 388 g/mol. The van der Waals surface area contributed by atoms with E-state index < -0.39 is 0 Å². The molecule has 1 fully saturated rings. The smallest absolute Gasteiger partial charge is 0.147 e. The zero-order valence-electron chi connectivity index (χ0n) is 19.4. The number of imidazole rings is 1. The van der Waals surface area contributed by atoms with Gasteiger partial charge in [-0.3, -0.25) is 10.4 Å². The number of pyridine rings is 1. The second kappa shape index (κ2) is 8.67. The Hall–Kier alpha value is -2.93. The van der Waals surface area contributed by atoms with Crippen LogP contribution in [0.1, 0.15) is 46.2 Å². The van der Waals surface area contributed by atoms with Gasteiger partial charge in [-0.15, -0.1) is 0 Å². The monoisotopic (exact) mass is 422 g/mol. The van der Waals surface area contributed by atoms with Crippen molar-refractivity contribution in [2.45, 2.75) is 57.7 Å². The van der Waals surface area contributed by atoms with Gasteiger partial charge < -0.3 is 19.5 Å². The minimum absolute atomic E-state index is 0.0303. The number of hydrogen-bond donors (Lipinski definition) is 2. The Kier molecular flexibility index (Phi) is 6.36. The first kappa shape index (κ1) is 22.7. The third kappa shape index (κ3) is 5.41. The first-order valence-electron chi connectivity index (χ1n) is 10.5. The lowest BCUT2D eigenvalue weighted by atomic mass is 9.79. The number of nitrogens with zero attached hydrogens (tertiary/aromatic N) is 4. The summed E-state index contributed by atoms with van der Waals surface area (Å²) in [6, 6.07) is 2.19. The molecule has 2 aromatic heterocycles. The van der Waals surface area contributed by atoms with Gasteiger partial charge in [-0.05, 0) is 58.3 Å². The van der Waals surface area contributed by atoms with Gasteiger partial charge in [-0.2, -0.15) is 0 Å². The molecule has 0 spiro atoms. The van der Waals surface area contributed by atoms with Crippen LogP contribution in [0.5, 0.6) is 5.75 Å². The number of hydrogen-bond acceptors (Lipinski definition) is 5. The second-order valence-corrected chi connectivity index (χ2v) is 9.52. The Balaban J connectivity index is 1.72. The van der Waals surface area contributed by atoms with Gasteiger partial charge in [0.15, 0.2) is 0 Å². The minimum atomic E-state index is 0.0303. The summed E-state index contributed by atoms with van der Waals surface area (Å²) in [4.78, 5) is 10.7. The summed E-state index contributed by atoms with van der Waals surface area (Å²) in [5.74, 6) is 1.08. The van der Waals surface area contributed by atoms with Gasteiger partial charge in [-0.25, -0.2) is 4.98 Å². The van der Waals surface area contributed by atoms with Gasteiger partial charge in [0.1, 0.15) is 17.3 Å². The number of methoxy groups -OCH3 is 1. The largest absolute Gasteiger partial charge is 0.494 e. The van der Waals surface area contributed by atoms with Crippen LogP contribution in [0.2, 0.25) is 0 Å². The molecule has 1 saturated heterocycles. The van der Waals surface area contributed by atoms with Crippen molar-refractivity contribution in [3.05, 3.63) is 55.4 Å². The molecule has 0 aromatic carbocycles. The highest BCUT2D eigenvalue weighted by Gasteiger charge is 2.39. The summed E-state index contributed by atoms with van der Waals surface area (Å²) < 4.78 is 7.40. The van der Waals surface area contributed by atoms with Crippen LogP contribution in [0.15, 0.2) is 49.7 Å². The summed E-state index contributed by atoms with van der Waals surface area (Å²) in [6.07, 6.45) is 12.6. The molecule has 1 aliphatic rings. The Morgan fingerprint density at radius 2 is 1.97 bits per heavy atom. The zero-order chi connectivity index (χ0) is 22.8. The van der Waals surface area contributed by atoms with Gasteiger partial charge in [0, 0.05) is 42.6 Å². The van der Waals surface area contributed by atoms with Crippen molar-refractivity contribution >= 4 is 11.4 Å². The highest BCUT2D eigenvalue weighted by Crippen LogP contribution is 2.31. The van der Waals surface area contributed by atoms with E-state index in [4.69, 9.17) is 10.1 Å². The third-order valence-electron chi connectivity index (χ3n) is 5.70. The maximum absolute atomic E-state index is 8.59. The maximum atomic E-state index is 8.59. The fraction of sp³-hybridized carbons (Fsp3) is 0.458. The van der Waals surface area contributed by atoms with Crippen molar-refractivity contribution in [2.24, 2.45) is 0 Å². The van der Waals surface area contributed by atoms with E-state index in [1.807, 2.05) is 30.0 Å². The quantitative estimate of drug-likeness (QED) is 0.417. The van der Waals surface area contributed by atoms with Crippen LogP contribution in [-0.2, 0) is 0 Å². The summed E-state index contributed by atoms with van der Waals surface area (Å²) >= 11 is 0. The van der Waals surface area contributed by atoms with E-state index in [1.54, 1.807) is 31.9 Å². The molecule has 0 unspecified atom stereocenters. The van der Waals surface area contributed by atoms with Crippen molar-refractivity contribution in [1.82, 2.24) is 24.8 Å². The van der Waals surface area contributed by atoms with Gasteiger partial charge >= 0.3 is 0 Å². The number of aromatic nitrogens is 3. The zero-order valence-corrected chi connectivity index (χ0v) is 19.4. The van der Waals surface area contributed by atoms with Crippen molar-refractivity contribution < 1.29 is 4.74 Å². The Morgan fingerprint density at radius 1 is 1.29 bits per heavy atom. The highest BCUT2D eigenvalue weighted by atomic mass is 16.5. The van der Waals surface area contributed by atoms with Crippen molar-refractivity contribution in [2.75, 3.05) is 14.2 Å². The van der Waals surface area contributed by atoms with Crippen LogP contribution >= 0.6 is 0 Å². The van der Waals surface area contributed by atoms with Crippen LogP contribution in [0.4, 0.5) is 0 Å². The van der Waals surface area contributed by atoms with E-state index in [0.717, 1.165) is 18.5 Å². The number of rotatable bonds is 6. The highest BCUT2D eigenvalue weighted by molar-refractivity contribution is 5.93. The van der Waals surface area contributed by atoms with E-state index in [1.165, 1.54) is 0 Å². The van der Waals surface area contributed by atoms with Crippen LogP contribution in [0.3, 0.4) is 0 Å². The first-order valence-corrected chi connectivity index (χ1v) is 10.5. The number of piperidine rings is 1. The number of amidine groups is 1. The lowest BCUT2D eigenvalue weighted by Crippen LogP contribution is -2.62. The van der Waals surface area contributed by atoms with Gasteiger partial charge in [0.05, 0.1) is 25.3 Å². The molecule has 166 valence electrons. The first-order chi connectivity index (χ1) is 14.5. The Bertz CT molecular complexity index is 958. The molecule has 0 amide bonds. The van der Waals surface area contributed by atoms with E-state index >= 15 is 0 Å². The van der Waals surface area contributed by atoms with Crippen LogP contribution in [-0.4, -0.2) is 56.5 Å². The standard InChI is InChI=1S/C24H34N6O/c1-17(22-20(31-7)12-18(15-27-22)30-11-10-26-16-30)8-9-21(25)29(6)19-13-23(2,3)28-24(4,5)14-19/h8-12,15-16,19,25,28H,1,13-14H2,2-7H3/b9-8-,25-21?. The van der Waals surface area contributed by atoms with Crippen LogP contribution in [0, 0.1) is 5.41 Å². The van der Waals surface area contributed by atoms with E-state index in [9.17, 15) is 0 Å². The molecule has 2 aromatic rings. The van der Waals surface area contributed by atoms with Crippen molar-refractivity contribution in [3.63, 3.8) is 0 Å². The average molecular weight is 423 g/mol. The van der Waals surface area contributed by atoms with Gasteiger partial charge in [0.2, 0.25) is 0 Å². The topological polar surface area (TPSA) is 79.1 Å². The predicted octanol–water partition coefficient (Wildman–Crippen LogP) is 4.06. The Labute approximate surface area is 185 Å². The normalized spacial score (nSPS) is 18.1. The van der Waals surface area contributed by atoms with E-state index in [-0.39, 0.29) is 11.1 Å². The number of allylic oxidation sites excluding steroid dienone is 2. The molecule has 0 radical (unpaired) electrons. The summed E-state index contributed by atoms with van der Waals surface area (Å²) in [6.45, 7) is 13.0. The fourth-order valence-electron chi connectivity index (χ4n) is 4.50. The minimum Gasteiger partial charge on any atom is -0.494 e. The molecule has 7 heteroatoms. The maximum Gasteiger partial charge on any atom is 0.147 e. The predicted molar refractivity (Wildman–Crippen MR) is 126 cm³/mol. The SMILES string of the molecule is C=C(/C=C\C(=N)N(C)C1CC(C)(C)NC(C)(C)C1)c1ncc(-n2ccnc2)cc1OC. The molecule has 2 N–H and O–H groups in total. The molecule has 7 nitrogen and oxygen atoms in total. The lowest BCUT2D eigenvalue weighted by molar-refractivity contribution is 0.114. The number of ether oxygens (including phenoxy) is 1. The van der Waals surface area contributed by atoms with Gasteiger partial charge in [-0.1, -0.05) is 6.58 Å². The average Bonchev–Trinajstić information content (AvgIpc) is 3.23. The van der Waals surface area contributed by atoms with Crippen LogP contribution in [0.25, 0.3) is 11.3 Å². The molecule has 0 saturated carbocycles. The summed E-state index contributed by atoms with van der Waals surface area (Å²) in [5.41, 5.74) is 2.27. The summed E-state index contributed by atoms with van der Waals surface area (Å²) in [5, 5.41) is 12.3. The molecule has 1 aliphatic heterocycles. The van der Waals surface area contributed by atoms with Crippen molar-refractivity contribution in [3.8, 4) is 11.4 Å². The second-order valence-electron chi connectivity index (χ2n) is 9.52. The molecule has 0 aliphatic carbocycles. The number of likely N-dealkylation sites (N-methyl/N-ethyl adjacent to an activating group) is 1. The van der Waals surface area contributed by atoms with E-state index in [0.29, 0.717) is 28.9 Å². The molecule has 3 heterocycles. The molecule has 31 heavy (non-hydrogen) atoms. The number of nitrogens with one attached hydrogen (secondary N) is 2. The molecule has 3 rings (SSSR count). The molecular formula is C24H34N6O. The molecule has 0 atom stereocenters. The van der Waals surface area contributed by atoms with E-state index in [2.05, 4.69) is 54.5 Å². The fourth-order valence-corrected chi connectivity index (χ4v) is 4.50. The Morgan fingerprint density at radius 3 is 2.55 bits per heavy atom.